The SMILES string of the molecule is CCCn1ncc(Br)c1C(=O)C1SCCSC1C. The van der Waals surface area contributed by atoms with E-state index in [-0.39, 0.29) is 11.0 Å². The third-order valence-corrected chi connectivity index (χ3v) is 6.58. The molecule has 1 aromatic heterocycles. The maximum atomic E-state index is 12.7. The molecular formula is C12H17BrN2OS2. The zero-order valence-corrected chi connectivity index (χ0v) is 13.8. The first-order chi connectivity index (χ1) is 8.65. The molecule has 1 aliphatic heterocycles. The summed E-state index contributed by atoms with van der Waals surface area (Å²) in [4.78, 5) is 12.7. The Hall–Kier alpha value is 0.0600. The van der Waals surface area contributed by atoms with Gasteiger partial charge in [0.1, 0.15) is 5.69 Å². The van der Waals surface area contributed by atoms with Crippen LogP contribution in [0.15, 0.2) is 10.7 Å². The first-order valence-corrected chi connectivity index (χ1v) is 9.03. The van der Waals surface area contributed by atoms with Gasteiger partial charge in [-0.25, -0.2) is 0 Å². The highest BCUT2D eigenvalue weighted by atomic mass is 79.9. The molecule has 18 heavy (non-hydrogen) atoms. The van der Waals surface area contributed by atoms with Crippen molar-refractivity contribution in [2.45, 2.75) is 37.3 Å². The Morgan fingerprint density at radius 2 is 2.28 bits per heavy atom. The van der Waals surface area contributed by atoms with Gasteiger partial charge in [-0.05, 0) is 22.4 Å². The Morgan fingerprint density at radius 3 is 2.94 bits per heavy atom. The molecule has 100 valence electrons. The molecule has 0 amide bonds. The molecule has 1 aromatic rings. The van der Waals surface area contributed by atoms with Crippen LogP contribution in [0.25, 0.3) is 0 Å². The summed E-state index contributed by atoms with van der Waals surface area (Å²) in [6, 6.07) is 0. The Bertz CT molecular complexity index is 436. The molecule has 1 saturated heterocycles. The van der Waals surface area contributed by atoms with Crippen LogP contribution in [0.3, 0.4) is 0 Å². The van der Waals surface area contributed by atoms with E-state index in [2.05, 4.69) is 34.9 Å². The molecule has 0 aliphatic carbocycles. The van der Waals surface area contributed by atoms with Crippen LogP contribution in [0.4, 0.5) is 0 Å². The average molecular weight is 349 g/mol. The minimum atomic E-state index is 0.0624. The van der Waals surface area contributed by atoms with Crippen molar-refractivity contribution in [3.05, 3.63) is 16.4 Å². The monoisotopic (exact) mass is 348 g/mol. The van der Waals surface area contributed by atoms with E-state index in [4.69, 9.17) is 0 Å². The number of halogens is 1. The molecule has 0 N–H and O–H groups in total. The molecular weight excluding hydrogens is 332 g/mol. The first-order valence-electron chi connectivity index (χ1n) is 6.14. The number of aryl methyl sites for hydroxylation is 1. The van der Waals surface area contributed by atoms with E-state index in [1.807, 2.05) is 16.4 Å². The highest BCUT2D eigenvalue weighted by Crippen LogP contribution is 2.34. The van der Waals surface area contributed by atoms with Crippen molar-refractivity contribution in [2.75, 3.05) is 11.5 Å². The third-order valence-electron chi connectivity index (χ3n) is 2.91. The maximum Gasteiger partial charge on any atom is 0.196 e. The van der Waals surface area contributed by atoms with Crippen LogP contribution in [0.2, 0.25) is 0 Å². The zero-order valence-electron chi connectivity index (χ0n) is 10.6. The highest BCUT2D eigenvalue weighted by Gasteiger charge is 2.32. The van der Waals surface area contributed by atoms with Gasteiger partial charge in [-0.1, -0.05) is 13.8 Å². The van der Waals surface area contributed by atoms with Gasteiger partial charge in [0.15, 0.2) is 5.78 Å². The van der Waals surface area contributed by atoms with Crippen LogP contribution >= 0.6 is 39.5 Å². The van der Waals surface area contributed by atoms with E-state index in [0.29, 0.717) is 5.25 Å². The first kappa shape index (κ1) is 14.5. The van der Waals surface area contributed by atoms with Gasteiger partial charge >= 0.3 is 0 Å². The Morgan fingerprint density at radius 1 is 1.56 bits per heavy atom. The zero-order chi connectivity index (χ0) is 13.1. The van der Waals surface area contributed by atoms with Crippen molar-refractivity contribution in [3.8, 4) is 0 Å². The van der Waals surface area contributed by atoms with Crippen LogP contribution in [0, 0.1) is 0 Å². The second-order valence-electron chi connectivity index (χ2n) is 4.30. The quantitative estimate of drug-likeness (QED) is 0.780. The number of nitrogens with zero attached hydrogens (tertiary/aromatic N) is 2. The molecule has 2 unspecified atom stereocenters. The van der Waals surface area contributed by atoms with Gasteiger partial charge in [0.05, 0.1) is 15.9 Å². The van der Waals surface area contributed by atoms with E-state index in [9.17, 15) is 4.79 Å². The summed E-state index contributed by atoms with van der Waals surface area (Å²) in [6.07, 6.45) is 2.71. The summed E-state index contributed by atoms with van der Waals surface area (Å²) in [5.41, 5.74) is 0.740. The topological polar surface area (TPSA) is 34.9 Å². The highest BCUT2D eigenvalue weighted by molar-refractivity contribution is 9.10. The number of rotatable bonds is 4. The fourth-order valence-corrected chi connectivity index (χ4v) is 5.24. The number of thioether (sulfide) groups is 2. The van der Waals surface area contributed by atoms with Crippen LogP contribution in [-0.2, 0) is 6.54 Å². The summed E-state index contributed by atoms with van der Waals surface area (Å²) >= 11 is 7.13. The summed E-state index contributed by atoms with van der Waals surface area (Å²) in [5.74, 6) is 2.42. The molecule has 2 rings (SSSR count). The molecule has 0 radical (unpaired) electrons. The van der Waals surface area contributed by atoms with Crippen molar-refractivity contribution in [1.29, 1.82) is 0 Å². The van der Waals surface area contributed by atoms with E-state index >= 15 is 0 Å². The van der Waals surface area contributed by atoms with Crippen molar-refractivity contribution < 1.29 is 4.79 Å². The van der Waals surface area contributed by atoms with Gasteiger partial charge < -0.3 is 0 Å². The van der Waals surface area contributed by atoms with Gasteiger partial charge in [0.25, 0.3) is 0 Å². The number of hydrogen-bond donors (Lipinski definition) is 0. The van der Waals surface area contributed by atoms with Crippen molar-refractivity contribution in [3.63, 3.8) is 0 Å². The molecule has 1 aliphatic rings. The van der Waals surface area contributed by atoms with Gasteiger partial charge in [-0.15, -0.1) is 11.8 Å². The minimum Gasteiger partial charge on any atom is -0.291 e. The lowest BCUT2D eigenvalue weighted by molar-refractivity contribution is 0.0978. The lowest BCUT2D eigenvalue weighted by atomic mass is 10.1. The van der Waals surface area contributed by atoms with Crippen molar-refractivity contribution in [2.24, 2.45) is 0 Å². The molecule has 0 spiro atoms. The van der Waals surface area contributed by atoms with Crippen LogP contribution in [-0.4, -0.2) is 37.6 Å². The second-order valence-corrected chi connectivity index (χ2v) is 7.88. The average Bonchev–Trinajstić information content (AvgIpc) is 2.71. The number of hydrogen-bond acceptors (Lipinski definition) is 4. The molecule has 0 bridgehead atoms. The molecule has 0 aromatic carbocycles. The van der Waals surface area contributed by atoms with E-state index in [1.54, 1.807) is 18.0 Å². The summed E-state index contributed by atoms with van der Waals surface area (Å²) < 4.78 is 2.66. The minimum absolute atomic E-state index is 0.0624. The van der Waals surface area contributed by atoms with E-state index in [0.717, 1.165) is 34.6 Å². The van der Waals surface area contributed by atoms with Gasteiger partial charge in [0.2, 0.25) is 0 Å². The summed E-state index contributed by atoms with van der Waals surface area (Å²) in [5, 5.41) is 4.72. The van der Waals surface area contributed by atoms with Gasteiger partial charge in [-0.2, -0.15) is 16.9 Å². The number of carbonyl (C=O) groups excluding carboxylic acids is 1. The molecule has 6 heteroatoms. The fourth-order valence-electron chi connectivity index (χ4n) is 2.04. The molecule has 0 saturated carbocycles. The number of Topliss-reactive ketones (excluding diaryl/α,β-unsaturated/α-hetero) is 1. The molecule has 2 heterocycles. The van der Waals surface area contributed by atoms with Crippen molar-refractivity contribution >= 4 is 45.2 Å². The summed E-state index contributed by atoms with van der Waals surface area (Å²) in [7, 11) is 0. The lowest BCUT2D eigenvalue weighted by Gasteiger charge is -2.26. The predicted octanol–water partition coefficient (Wildman–Crippen LogP) is 3.48. The standard InChI is InChI=1S/C12H17BrN2OS2/c1-3-4-15-10(9(13)7-14-15)11(16)12-8(2)17-5-6-18-12/h7-8,12H,3-6H2,1-2H3. The third kappa shape index (κ3) is 2.96. The van der Waals surface area contributed by atoms with Gasteiger partial charge in [0, 0.05) is 23.3 Å². The molecule has 3 nitrogen and oxygen atoms in total. The lowest BCUT2D eigenvalue weighted by Crippen LogP contribution is -2.32. The molecule has 2 atom stereocenters. The second kappa shape index (κ2) is 6.48. The Kier molecular flexibility index (Phi) is 5.21. The Balaban J connectivity index is 2.24. The fraction of sp³-hybridized carbons (Fsp3) is 0.667. The number of aromatic nitrogens is 2. The van der Waals surface area contributed by atoms with E-state index < -0.39 is 0 Å². The predicted molar refractivity (Wildman–Crippen MR) is 82.7 cm³/mol. The largest absolute Gasteiger partial charge is 0.291 e. The normalized spacial score (nSPS) is 24.2. The van der Waals surface area contributed by atoms with Crippen LogP contribution in [0.5, 0.6) is 0 Å². The molecule has 1 fully saturated rings. The van der Waals surface area contributed by atoms with E-state index in [1.165, 1.54) is 0 Å². The van der Waals surface area contributed by atoms with Crippen molar-refractivity contribution in [1.82, 2.24) is 9.78 Å². The number of carbonyl (C=O) groups is 1. The Labute approximate surface area is 125 Å². The maximum absolute atomic E-state index is 12.7. The summed E-state index contributed by atoms with van der Waals surface area (Å²) in [6.45, 7) is 5.04. The van der Waals surface area contributed by atoms with Crippen LogP contribution < -0.4 is 0 Å². The smallest absolute Gasteiger partial charge is 0.196 e. The van der Waals surface area contributed by atoms with Crippen LogP contribution in [0.1, 0.15) is 30.8 Å². The van der Waals surface area contributed by atoms with Gasteiger partial charge in [-0.3, -0.25) is 9.48 Å². The number of ketones is 1.